The minimum absolute atomic E-state index is 0.179. The molecule has 0 aromatic rings. The Balaban J connectivity index is 4.23. The van der Waals surface area contributed by atoms with Gasteiger partial charge in [0.15, 0.2) is 6.10 Å². The van der Waals surface area contributed by atoms with Crippen LogP contribution in [0.2, 0.25) is 0 Å². The third kappa shape index (κ3) is 43.8. The van der Waals surface area contributed by atoms with E-state index in [0.717, 1.165) is 70.6 Å². The molecule has 3 atom stereocenters. The van der Waals surface area contributed by atoms with Crippen LogP contribution in [0.4, 0.5) is 0 Å². The van der Waals surface area contributed by atoms with Crippen LogP contribution in [-0.4, -0.2) is 65.7 Å². The van der Waals surface area contributed by atoms with Crippen molar-refractivity contribution in [2.24, 2.45) is 0 Å². The van der Waals surface area contributed by atoms with Gasteiger partial charge in [0.2, 0.25) is 0 Å². The van der Waals surface area contributed by atoms with E-state index in [0.29, 0.717) is 12.8 Å². The van der Waals surface area contributed by atoms with Gasteiger partial charge in [0.1, 0.15) is 12.7 Å². The predicted molar refractivity (Wildman–Crippen MR) is 242 cm³/mol. The van der Waals surface area contributed by atoms with Gasteiger partial charge >= 0.3 is 19.8 Å². The molecule has 0 aliphatic heterocycles. The maximum atomic E-state index is 12.7. The molecule has 10 nitrogen and oxygen atoms in total. The molecule has 0 heterocycles. The fourth-order valence-electron chi connectivity index (χ4n) is 6.36. The Bertz CT molecular complexity index is 1120. The summed E-state index contributed by atoms with van der Waals surface area (Å²) < 4.78 is 32.8. The smallest absolute Gasteiger partial charge is 0.462 e. The lowest BCUT2D eigenvalue weighted by Gasteiger charge is -2.20. The van der Waals surface area contributed by atoms with Gasteiger partial charge in [-0.05, 0) is 70.6 Å². The molecule has 0 aliphatic rings. The number of aliphatic hydroxyl groups is 2. The molecule has 0 rings (SSSR count). The van der Waals surface area contributed by atoms with Crippen LogP contribution < -0.4 is 0 Å². The Kier molecular flexibility index (Phi) is 42.5. The van der Waals surface area contributed by atoms with E-state index in [1.807, 2.05) is 0 Å². The Labute approximate surface area is 360 Å². The van der Waals surface area contributed by atoms with Crippen LogP contribution >= 0.6 is 7.82 Å². The van der Waals surface area contributed by atoms with E-state index in [1.165, 1.54) is 96.3 Å². The van der Waals surface area contributed by atoms with E-state index < -0.39 is 51.8 Å². The summed E-state index contributed by atoms with van der Waals surface area (Å²) in [5, 5.41) is 18.4. The molecule has 0 bridgehead atoms. The summed E-state index contributed by atoms with van der Waals surface area (Å²) in [5.74, 6) is -0.943. The van der Waals surface area contributed by atoms with Crippen molar-refractivity contribution >= 4 is 19.8 Å². The number of esters is 2. The average molecular weight is 855 g/mol. The van der Waals surface area contributed by atoms with Gasteiger partial charge in [-0.2, -0.15) is 0 Å². The first-order valence-electron chi connectivity index (χ1n) is 23.6. The number of phosphoric ester groups is 1. The second-order valence-corrected chi connectivity index (χ2v) is 17.2. The molecule has 0 aromatic carbocycles. The van der Waals surface area contributed by atoms with Crippen LogP contribution in [0, 0.1) is 0 Å². The summed E-state index contributed by atoms with van der Waals surface area (Å²) in [7, 11) is -4.62. The third-order valence-corrected chi connectivity index (χ3v) is 10.9. The molecule has 0 radical (unpaired) electrons. The lowest BCUT2D eigenvalue weighted by molar-refractivity contribution is -0.161. The lowest BCUT2D eigenvalue weighted by atomic mass is 10.0. The molecule has 0 saturated carbocycles. The van der Waals surface area contributed by atoms with Crippen LogP contribution in [0.1, 0.15) is 206 Å². The first kappa shape index (κ1) is 56.9. The third-order valence-electron chi connectivity index (χ3n) is 9.97. The molecule has 0 amide bonds. The highest BCUT2D eigenvalue weighted by atomic mass is 31.2. The van der Waals surface area contributed by atoms with Gasteiger partial charge in [-0.25, -0.2) is 4.57 Å². The lowest BCUT2D eigenvalue weighted by Crippen LogP contribution is -2.29. The predicted octanol–water partition coefficient (Wildman–Crippen LogP) is 12.9. The van der Waals surface area contributed by atoms with Gasteiger partial charge in [-0.15, -0.1) is 0 Å². The fourth-order valence-corrected chi connectivity index (χ4v) is 7.15. The van der Waals surface area contributed by atoms with Crippen LogP contribution in [0.25, 0.3) is 0 Å². The Morgan fingerprint density at radius 1 is 0.525 bits per heavy atom. The summed E-state index contributed by atoms with van der Waals surface area (Å²) >= 11 is 0. The highest BCUT2D eigenvalue weighted by molar-refractivity contribution is 7.47. The number of rotatable bonds is 44. The number of unbranched alkanes of at least 4 members (excludes halogenated alkanes) is 22. The second kappa shape index (κ2) is 44.0. The topological polar surface area (TPSA) is 149 Å². The fraction of sp³-hybridized carbons (Fsp3) is 0.792. The van der Waals surface area contributed by atoms with Crippen molar-refractivity contribution < 1.29 is 47.8 Å². The Hall–Kier alpha value is -2.07. The number of carbonyl (C=O) groups excluding carboxylic acids is 2. The van der Waals surface area contributed by atoms with Crippen molar-refractivity contribution in [1.29, 1.82) is 0 Å². The molecular formula is C48H87O10P. The van der Waals surface area contributed by atoms with Gasteiger partial charge in [0.05, 0.1) is 19.8 Å². The summed E-state index contributed by atoms with van der Waals surface area (Å²) in [5.41, 5.74) is 0. The normalized spacial score (nSPS) is 14.2. The van der Waals surface area contributed by atoms with E-state index in [-0.39, 0.29) is 19.4 Å². The molecule has 59 heavy (non-hydrogen) atoms. The molecule has 344 valence electrons. The quantitative estimate of drug-likeness (QED) is 0.0234. The van der Waals surface area contributed by atoms with Gasteiger partial charge in [-0.1, -0.05) is 172 Å². The van der Waals surface area contributed by atoms with E-state index in [4.69, 9.17) is 23.6 Å². The van der Waals surface area contributed by atoms with Gasteiger partial charge in [0, 0.05) is 12.8 Å². The number of hydrogen-bond donors (Lipinski definition) is 3. The molecule has 0 saturated heterocycles. The van der Waals surface area contributed by atoms with Crippen molar-refractivity contribution in [2.75, 3.05) is 26.4 Å². The van der Waals surface area contributed by atoms with Crippen molar-refractivity contribution in [1.82, 2.24) is 0 Å². The van der Waals surface area contributed by atoms with E-state index >= 15 is 0 Å². The van der Waals surface area contributed by atoms with Crippen molar-refractivity contribution in [2.45, 2.75) is 219 Å². The summed E-state index contributed by atoms with van der Waals surface area (Å²) in [6.45, 7) is 2.26. The highest BCUT2D eigenvalue weighted by Crippen LogP contribution is 2.43. The highest BCUT2D eigenvalue weighted by Gasteiger charge is 2.27. The Morgan fingerprint density at radius 3 is 1.42 bits per heavy atom. The standard InChI is InChI=1S/C48H87O10P/c1-3-5-7-9-11-13-15-17-19-20-21-22-23-24-26-28-30-32-34-36-38-40-48(52)58-46(44-57-59(53,54)56-42-45(50)41-49)43-55-47(51)39-37-35-33-31-29-27-25-18-16-14-12-10-8-6-4-2/h6,8,12,14,17-19,25,45-46,49-50H,3-5,7,9-11,13,15-16,20-24,26-44H2,1-2H3,(H,53,54)/b8-6+,14-12+,19-17+,25-18+/t45-,46+/m0/s1. The molecule has 0 spiro atoms. The largest absolute Gasteiger partial charge is 0.472 e. The van der Waals surface area contributed by atoms with Gasteiger partial charge in [0.25, 0.3) is 0 Å². The zero-order valence-electron chi connectivity index (χ0n) is 37.5. The summed E-state index contributed by atoms with van der Waals surface area (Å²) in [4.78, 5) is 35.1. The monoisotopic (exact) mass is 855 g/mol. The number of hydrogen-bond acceptors (Lipinski definition) is 9. The number of phosphoric acid groups is 1. The first-order chi connectivity index (χ1) is 28.7. The maximum Gasteiger partial charge on any atom is 0.472 e. The summed E-state index contributed by atoms with van der Waals surface area (Å²) in [6.07, 6.45) is 47.9. The number of carbonyl (C=O) groups is 2. The number of allylic oxidation sites excluding steroid dienone is 8. The molecule has 3 N–H and O–H groups in total. The first-order valence-corrected chi connectivity index (χ1v) is 25.1. The van der Waals surface area contributed by atoms with Crippen LogP contribution in [-0.2, 0) is 32.7 Å². The second-order valence-electron chi connectivity index (χ2n) is 15.7. The minimum Gasteiger partial charge on any atom is -0.462 e. The van der Waals surface area contributed by atoms with E-state index in [2.05, 4.69) is 62.5 Å². The zero-order valence-corrected chi connectivity index (χ0v) is 38.4. The van der Waals surface area contributed by atoms with Crippen molar-refractivity contribution in [3.8, 4) is 0 Å². The van der Waals surface area contributed by atoms with Crippen LogP contribution in [0.15, 0.2) is 48.6 Å². The summed E-state index contributed by atoms with van der Waals surface area (Å²) in [6, 6.07) is 0. The van der Waals surface area contributed by atoms with Gasteiger partial charge in [-0.3, -0.25) is 18.6 Å². The maximum absolute atomic E-state index is 12.7. The van der Waals surface area contributed by atoms with Crippen LogP contribution in [0.3, 0.4) is 0 Å². The van der Waals surface area contributed by atoms with E-state index in [1.54, 1.807) is 0 Å². The Morgan fingerprint density at radius 2 is 0.932 bits per heavy atom. The molecule has 11 heteroatoms. The van der Waals surface area contributed by atoms with Crippen molar-refractivity contribution in [3.05, 3.63) is 48.6 Å². The zero-order chi connectivity index (χ0) is 43.3. The minimum atomic E-state index is -4.62. The average Bonchev–Trinajstić information content (AvgIpc) is 3.22. The molecule has 0 aliphatic carbocycles. The van der Waals surface area contributed by atoms with Gasteiger partial charge < -0.3 is 24.6 Å². The SMILES string of the molecule is CC/C=C/C/C=C/C/C=C/CCCCCCCC(=O)OC[C@H](COP(=O)(O)OC[C@@H](O)CO)OC(=O)CCCCCCCCCCCCC/C=C/CCCCCCCC. The van der Waals surface area contributed by atoms with Crippen LogP contribution in [0.5, 0.6) is 0 Å². The molecule has 1 unspecified atom stereocenters. The molecule has 0 aromatic heterocycles. The number of aliphatic hydroxyl groups excluding tert-OH is 2. The molecular weight excluding hydrogens is 767 g/mol. The molecule has 0 fully saturated rings. The van der Waals surface area contributed by atoms with E-state index in [9.17, 15) is 24.2 Å². The number of ether oxygens (including phenoxy) is 2. The van der Waals surface area contributed by atoms with Crippen molar-refractivity contribution in [3.63, 3.8) is 0 Å².